The van der Waals surface area contributed by atoms with Crippen molar-refractivity contribution in [2.24, 2.45) is 0 Å². The van der Waals surface area contributed by atoms with Gasteiger partial charge in [-0.1, -0.05) is 17.2 Å². The summed E-state index contributed by atoms with van der Waals surface area (Å²) in [5, 5.41) is 20.3. The summed E-state index contributed by atoms with van der Waals surface area (Å²) in [6.45, 7) is 1.29. The second-order valence-electron chi connectivity index (χ2n) is 3.37. The standard InChI is InChI=1S/C10H8N4O4/c1-6(15)11-10-13-12-9(18-10)7-4-2-3-5-8(7)14(16)17/h2-5H,1H3,(H,11,13,15). The molecule has 0 spiro atoms. The number of amides is 1. The van der Waals surface area contributed by atoms with E-state index in [0.717, 1.165) is 0 Å². The number of carbonyl (C=O) groups excluding carboxylic acids is 1. The SMILES string of the molecule is CC(=O)Nc1nnc(-c2ccccc2[N+](=O)[O-])o1. The average molecular weight is 248 g/mol. The first-order chi connectivity index (χ1) is 8.58. The fraction of sp³-hybridized carbons (Fsp3) is 0.100. The van der Waals surface area contributed by atoms with E-state index in [1.165, 1.54) is 25.1 Å². The molecule has 0 unspecified atom stereocenters. The van der Waals surface area contributed by atoms with Crippen molar-refractivity contribution >= 4 is 17.6 Å². The average Bonchev–Trinajstić information content (AvgIpc) is 2.76. The zero-order valence-corrected chi connectivity index (χ0v) is 9.28. The summed E-state index contributed by atoms with van der Waals surface area (Å²) < 4.78 is 5.11. The third-order valence-corrected chi connectivity index (χ3v) is 2.04. The Kier molecular flexibility index (Phi) is 3.00. The maximum Gasteiger partial charge on any atom is 0.322 e. The number of nitro benzene ring substituents is 1. The van der Waals surface area contributed by atoms with Crippen molar-refractivity contribution in [2.45, 2.75) is 6.92 Å². The minimum absolute atomic E-state index is 0.0222. The number of nitrogens with zero attached hydrogens (tertiary/aromatic N) is 3. The highest BCUT2D eigenvalue weighted by atomic mass is 16.6. The first-order valence-electron chi connectivity index (χ1n) is 4.93. The summed E-state index contributed by atoms with van der Waals surface area (Å²) in [4.78, 5) is 21.1. The molecule has 1 aromatic carbocycles. The van der Waals surface area contributed by atoms with E-state index in [0.29, 0.717) is 0 Å². The fourth-order valence-electron chi connectivity index (χ4n) is 1.35. The van der Waals surface area contributed by atoms with Crippen LogP contribution in [0.3, 0.4) is 0 Å². The molecule has 0 bridgehead atoms. The minimum atomic E-state index is -0.544. The van der Waals surface area contributed by atoms with Crippen LogP contribution in [0, 0.1) is 10.1 Å². The van der Waals surface area contributed by atoms with Crippen LogP contribution in [0.4, 0.5) is 11.7 Å². The molecule has 1 N–H and O–H groups in total. The molecule has 0 radical (unpaired) electrons. The first-order valence-corrected chi connectivity index (χ1v) is 4.93. The minimum Gasteiger partial charge on any atom is -0.403 e. The molecular weight excluding hydrogens is 240 g/mol. The van der Waals surface area contributed by atoms with Gasteiger partial charge < -0.3 is 4.42 Å². The van der Waals surface area contributed by atoms with Crippen LogP contribution in [-0.4, -0.2) is 21.0 Å². The van der Waals surface area contributed by atoms with E-state index in [2.05, 4.69) is 15.5 Å². The molecule has 0 saturated carbocycles. The van der Waals surface area contributed by atoms with Crippen LogP contribution in [0.15, 0.2) is 28.7 Å². The number of rotatable bonds is 3. The molecule has 2 aromatic rings. The second kappa shape index (κ2) is 4.62. The molecule has 8 nitrogen and oxygen atoms in total. The molecule has 1 heterocycles. The van der Waals surface area contributed by atoms with Crippen LogP contribution >= 0.6 is 0 Å². The third kappa shape index (κ3) is 2.32. The van der Waals surface area contributed by atoms with Gasteiger partial charge in [0.25, 0.3) is 11.6 Å². The lowest BCUT2D eigenvalue weighted by Gasteiger charge is -1.96. The van der Waals surface area contributed by atoms with Crippen molar-refractivity contribution in [2.75, 3.05) is 5.32 Å². The number of benzene rings is 1. The Labute approximate surface area is 101 Å². The van der Waals surface area contributed by atoms with Gasteiger partial charge in [0.05, 0.1) is 4.92 Å². The molecule has 0 aliphatic carbocycles. The highest BCUT2D eigenvalue weighted by Gasteiger charge is 2.19. The summed E-state index contributed by atoms with van der Waals surface area (Å²) in [7, 11) is 0. The lowest BCUT2D eigenvalue weighted by molar-refractivity contribution is -0.384. The Morgan fingerprint density at radius 3 is 2.78 bits per heavy atom. The van der Waals surface area contributed by atoms with E-state index in [4.69, 9.17) is 4.42 Å². The van der Waals surface area contributed by atoms with Gasteiger partial charge in [-0.05, 0) is 6.07 Å². The predicted octanol–water partition coefficient (Wildman–Crippen LogP) is 1.60. The molecule has 8 heteroatoms. The quantitative estimate of drug-likeness (QED) is 0.652. The van der Waals surface area contributed by atoms with Gasteiger partial charge in [-0.3, -0.25) is 20.2 Å². The van der Waals surface area contributed by atoms with Gasteiger partial charge in [0.2, 0.25) is 5.91 Å². The fourth-order valence-corrected chi connectivity index (χ4v) is 1.35. The second-order valence-corrected chi connectivity index (χ2v) is 3.37. The van der Waals surface area contributed by atoms with Crippen molar-refractivity contribution in [1.29, 1.82) is 0 Å². The van der Waals surface area contributed by atoms with E-state index in [1.807, 2.05) is 0 Å². The first kappa shape index (κ1) is 11.7. The van der Waals surface area contributed by atoms with Gasteiger partial charge >= 0.3 is 6.01 Å². The number of aromatic nitrogens is 2. The smallest absolute Gasteiger partial charge is 0.322 e. The van der Waals surface area contributed by atoms with Gasteiger partial charge in [-0.15, -0.1) is 5.10 Å². The largest absolute Gasteiger partial charge is 0.403 e. The van der Waals surface area contributed by atoms with Crippen LogP contribution < -0.4 is 5.32 Å². The highest BCUT2D eigenvalue weighted by Crippen LogP contribution is 2.28. The summed E-state index contributed by atoms with van der Waals surface area (Å²) >= 11 is 0. The monoisotopic (exact) mass is 248 g/mol. The Bertz CT molecular complexity index is 607. The van der Waals surface area contributed by atoms with Gasteiger partial charge in [-0.2, -0.15) is 0 Å². The van der Waals surface area contributed by atoms with Crippen molar-refractivity contribution in [3.8, 4) is 11.5 Å². The Morgan fingerprint density at radius 1 is 1.39 bits per heavy atom. The summed E-state index contributed by atoms with van der Waals surface area (Å²) in [5.41, 5.74) is 0.0575. The molecular formula is C10H8N4O4. The molecule has 1 amide bonds. The summed E-state index contributed by atoms with van der Waals surface area (Å²) in [6, 6.07) is 5.87. The van der Waals surface area contributed by atoms with Gasteiger partial charge in [-0.25, -0.2) is 0 Å². The molecule has 0 aliphatic rings. The van der Waals surface area contributed by atoms with E-state index in [9.17, 15) is 14.9 Å². The molecule has 0 fully saturated rings. The topological polar surface area (TPSA) is 111 Å². The Hall–Kier alpha value is -2.77. The van der Waals surface area contributed by atoms with Gasteiger partial charge in [0, 0.05) is 13.0 Å². The molecule has 0 atom stereocenters. The number of nitro groups is 1. The normalized spacial score (nSPS) is 10.1. The number of carbonyl (C=O) groups is 1. The lowest BCUT2D eigenvalue weighted by atomic mass is 10.2. The summed E-state index contributed by atoms with van der Waals surface area (Å²) in [6.07, 6.45) is 0. The number of hydrogen-bond acceptors (Lipinski definition) is 6. The molecule has 18 heavy (non-hydrogen) atoms. The van der Waals surface area contributed by atoms with Crippen LogP contribution in [0.2, 0.25) is 0 Å². The van der Waals surface area contributed by atoms with E-state index in [1.54, 1.807) is 6.07 Å². The highest BCUT2D eigenvalue weighted by molar-refractivity contribution is 5.86. The van der Waals surface area contributed by atoms with Crippen molar-refractivity contribution in [3.63, 3.8) is 0 Å². The number of nitrogens with one attached hydrogen (secondary N) is 1. The zero-order valence-electron chi connectivity index (χ0n) is 9.28. The van der Waals surface area contributed by atoms with Gasteiger partial charge in [0.1, 0.15) is 5.56 Å². The van der Waals surface area contributed by atoms with Crippen molar-refractivity contribution in [3.05, 3.63) is 34.4 Å². The van der Waals surface area contributed by atoms with E-state index in [-0.39, 0.29) is 29.1 Å². The molecule has 0 aliphatic heterocycles. The number of anilines is 1. The molecule has 1 aromatic heterocycles. The molecule has 0 saturated heterocycles. The third-order valence-electron chi connectivity index (χ3n) is 2.04. The van der Waals surface area contributed by atoms with Crippen LogP contribution in [-0.2, 0) is 4.79 Å². The van der Waals surface area contributed by atoms with E-state index < -0.39 is 4.92 Å². The van der Waals surface area contributed by atoms with Crippen molar-refractivity contribution in [1.82, 2.24) is 10.2 Å². The van der Waals surface area contributed by atoms with Crippen molar-refractivity contribution < 1.29 is 14.1 Å². The molecule has 92 valence electrons. The van der Waals surface area contributed by atoms with Crippen LogP contribution in [0.5, 0.6) is 0 Å². The lowest BCUT2D eigenvalue weighted by Crippen LogP contribution is -2.05. The van der Waals surface area contributed by atoms with Gasteiger partial charge in [0.15, 0.2) is 0 Å². The number of para-hydroxylation sites is 1. The zero-order chi connectivity index (χ0) is 13.1. The Balaban J connectivity index is 2.40. The van der Waals surface area contributed by atoms with Crippen LogP contribution in [0.25, 0.3) is 11.5 Å². The van der Waals surface area contributed by atoms with Crippen LogP contribution in [0.1, 0.15) is 6.92 Å². The molecule has 2 rings (SSSR count). The summed E-state index contributed by atoms with van der Waals surface area (Å²) in [5.74, 6) is -0.390. The maximum absolute atomic E-state index is 10.8. The number of hydrogen-bond donors (Lipinski definition) is 1. The predicted molar refractivity (Wildman–Crippen MR) is 60.7 cm³/mol. The Morgan fingerprint density at radius 2 is 2.11 bits per heavy atom. The van der Waals surface area contributed by atoms with E-state index >= 15 is 0 Å². The maximum atomic E-state index is 10.8.